The van der Waals surface area contributed by atoms with Crippen LogP contribution in [0.5, 0.6) is 0 Å². The molecular weight excluding hydrogens is 386 g/mol. The Kier molecular flexibility index (Phi) is 4.85. The van der Waals surface area contributed by atoms with Crippen molar-refractivity contribution in [3.05, 3.63) is 100 Å². The summed E-state index contributed by atoms with van der Waals surface area (Å²) < 4.78 is 5.15. The summed E-state index contributed by atoms with van der Waals surface area (Å²) in [6.45, 7) is -0.0419. The van der Waals surface area contributed by atoms with Crippen molar-refractivity contribution in [2.24, 2.45) is 0 Å². The van der Waals surface area contributed by atoms with E-state index in [2.05, 4.69) is 5.32 Å². The fraction of sp³-hybridized carbons (Fsp3) is 0.0435. The van der Waals surface area contributed by atoms with Gasteiger partial charge < -0.3 is 9.84 Å². The number of carboxylic acids is 1. The van der Waals surface area contributed by atoms with Gasteiger partial charge in [0.2, 0.25) is 0 Å². The Morgan fingerprint density at radius 3 is 2.10 bits per heavy atom. The molecule has 0 spiro atoms. The smallest absolute Gasteiger partial charge is 0.411 e. The van der Waals surface area contributed by atoms with Crippen LogP contribution in [-0.4, -0.2) is 28.7 Å². The van der Waals surface area contributed by atoms with Gasteiger partial charge in [-0.2, -0.15) is 0 Å². The molecule has 0 unspecified atom stereocenters. The fourth-order valence-corrected chi connectivity index (χ4v) is 3.36. The van der Waals surface area contributed by atoms with E-state index in [0.717, 1.165) is 5.56 Å². The second-order valence-electron chi connectivity index (χ2n) is 6.61. The number of carboxylic acid groups (broad SMARTS) is 1. The summed E-state index contributed by atoms with van der Waals surface area (Å²) in [5.74, 6) is -2.31. The van der Waals surface area contributed by atoms with E-state index in [-0.39, 0.29) is 40.1 Å². The lowest BCUT2D eigenvalue weighted by Crippen LogP contribution is -2.26. The molecular formula is C23H15NO6. The highest BCUT2D eigenvalue weighted by atomic mass is 16.5. The summed E-state index contributed by atoms with van der Waals surface area (Å²) in [6.07, 6.45) is -0.936. The summed E-state index contributed by atoms with van der Waals surface area (Å²) >= 11 is 0. The van der Waals surface area contributed by atoms with Gasteiger partial charge in [0, 0.05) is 16.7 Å². The van der Waals surface area contributed by atoms with Crippen LogP contribution in [0.1, 0.15) is 47.8 Å². The molecule has 0 saturated carbocycles. The molecule has 0 radical (unpaired) electrons. The van der Waals surface area contributed by atoms with Gasteiger partial charge in [-0.25, -0.2) is 9.59 Å². The van der Waals surface area contributed by atoms with Crippen molar-refractivity contribution < 1.29 is 29.0 Å². The molecule has 4 rings (SSSR count). The number of benzene rings is 3. The molecule has 3 aromatic rings. The lowest BCUT2D eigenvalue weighted by molar-refractivity contribution is 0.0697. The maximum atomic E-state index is 13.1. The molecule has 3 aromatic carbocycles. The maximum absolute atomic E-state index is 13.1. The highest BCUT2D eigenvalue weighted by Crippen LogP contribution is 2.34. The highest BCUT2D eigenvalue weighted by Gasteiger charge is 2.34. The van der Waals surface area contributed by atoms with Crippen molar-refractivity contribution in [3.63, 3.8) is 0 Å². The van der Waals surface area contributed by atoms with Gasteiger partial charge in [-0.1, -0.05) is 54.6 Å². The summed E-state index contributed by atoms with van der Waals surface area (Å²) in [5, 5.41) is 11.9. The monoisotopic (exact) mass is 401 g/mol. The van der Waals surface area contributed by atoms with Crippen molar-refractivity contribution in [1.82, 2.24) is 0 Å². The van der Waals surface area contributed by atoms with Crippen LogP contribution in [0, 0.1) is 0 Å². The van der Waals surface area contributed by atoms with Gasteiger partial charge in [-0.05, 0) is 17.7 Å². The van der Waals surface area contributed by atoms with Crippen LogP contribution in [-0.2, 0) is 11.3 Å². The van der Waals surface area contributed by atoms with Crippen LogP contribution in [0.3, 0.4) is 0 Å². The first kappa shape index (κ1) is 19.1. The van der Waals surface area contributed by atoms with Gasteiger partial charge in [0.15, 0.2) is 11.6 Å². The highest BCUT2D eigenvalue weighted by molar-refractivity contribution is 6.31. The summed E-state index contributed by atoms with van der Waals surface area (Å²) in [6, 6.07) is 17.7. The van der Waals surface area contributed by atoms with Gasteiger partial charge in [-0.15, -0.1) is 0 Å². The molecule has 148 valence electrons. The van der Waals surface area contributed by atoms with Crippen LogP contribution in [0.25, 0.3) is 0 Å². The zero-order valence-corrected chi connectivity index (χ0v) is 15.5. The normalized spacial score (nSPS) is 12.0. The van der Waals surface area contributed by atoms with Crippen molar-refractivity contribution in [1.29, 1.82) is 0 Å². The third-order valence-electron chi connectivity index (χ3n) is 4.76. The van der Waals surface area contributed by atoms with Gasteiger partial charge in [0.1, 0.15) is 6.61 Å². The van der Waals surface area contributed by atoms with E-state index in [1.54, 1.807) is 36.4 Å². The van der Waals surface area contributed by atoms with Crippen molar-refractivity contribution in [2.45, 2.75) is 6.61 Å². The molecule has 0 saturated heterocycles. The molecule has 0 aromatic heterocycles. The Morgan fingerprint density at radius 1 is 0.800 bits per heavy atom. The molecule has 0 aliphatic heterocycles. The molecule has 1 amide bonds. The number of carbonyl (C=O) groups is 4. The minimum atomic E-state index is -1.35. The molecule has 0 fully saturated rings. The number of fused-ring (bicyclic) bond motifs is 2. The average Bonchev–Trinajstić information content (AvgIpc) is 2.76. The number of rotatable bonds is 4. The number of carbonyl (C=O) groups excluding carboxylic acids is 3. The van der Waals surface area contributed by atoms with Crippen LogP contribution < -0.4 is 5.32 Å². The van der Waals surface area contributed by atoms with Crippen molar-refractivity contribution in [3.8, 4) is 0 Å². The number of ketones is 2. The standard InChI is InChI=1S/C23H15NO6/c25-20-14-8-4-5-9-15(14)21(26)18-16(20)10-11-17(22(27)28)19(18)24-23(29)30-12-13-6-2-1-3-7-13/h1-11H,12H2,(H,24,29)(H,27,28). The number of anilines is 1. The maximum Gasteiger partial charge on any atom is 0.411 e. The van der Waals surface area contributed by atoms with Gasteiger partial charge >= 0.3 is 12.1 Å². The first-order valence-corrected chi connectivity index (χ1v) is 9.04. The zero-order chi connectivity index (χ0) is 21.3. The van der Waals surface area contributed by atoms with E-state index in [0.29, 0.717) is 0 Å². The van der Waals surface area contributed by atoms with Crippen molar-refractivity contribution in [2.75, 3.05) is 5.32 Å². The molecule has 0 atom stereocenters. The predicted octanol–water partition coefficient (Wildman–Crippen LogP) is 3.91. The fourth-order valence-electron chi connectivity index (χ4n) is 3.36. The number of amides is 1. The number of hydrogen-bond acceptors (Lipinski definition) is 5. The Bertz CT molecular complexity index is 1200. The minimum absolute atomic E-state index is 0.0297. The minimum Gasteiger partial charge on any atom is -0.478 e. The predicted molar refractivity (Wildman–Crippen MR) is 107 cm³/mol. The zero-order valence-electron chi connectivity index (χ0n) is 15.5. The Morgan fingerprint density at radius 2 is 1.43 bits per heavy atom. The van der Waals surface area contributed by atoms with Crippen LogP contribution in [0.2, 0.25) is 0 Å². The first-order valence-electron chi connectivity index (χ1n) is 9.04. The van der Waals surface area contributed by atoms with Crippen molar-refractivity contribution >= 4 is 29.3 Å². The number of nitrogens with one attached hydrogen (secondary N) is 1. The molecule has 2 N–H and O–H groups in total. The molecule has 30 heavy (non-hydrogen) atoms. The summed E-state index contributed by atoms with van der Waals surface area (Å²) in [4.78, 5) is 50.0. The number of aromatic carboxylic acids is 1. The molecule has 0 bridgehead atoms. The Hall–Kier alpha value is -4.26. The summed E-state index contributed by atoms with van der Waals surface area (Å²) in [7, 11) is 0. The van der Waals surface area contributed by atoms with Gasteiger partial charge in [-0.3, -0.25) is 14.9 Å². The quantitative estimate of drug-likeness (QED) is 0.537. The van der Waals surface area contributed by atoms with E-state index < -0.39 is 23.6 Å². The van der Waals surface area contributed by atoms with Crippen LogP contribution in [0.15, 0.2) is 66.7 Å². The van der Waals surface area contributed by atoms with Crippen LogP contribution >= 0.6 is 0 Å². The molecule has 0 heterocycles. The lowest BCUT2D eigenvalue weighted by atomic mass is 9.82. The second-order valence-corrected chi connectivity index (χ2v) is 6.61. The van der Waals surface area contributed by atoms with E-state index in [1.807, 2.05) is 6.07 Å². The number of hydrogen-bond donors (Lipinski definition) is 2. The first-order chi connectivity index (χ1) is 14.5. The molecule has 1 aliphatic carbocycles. The molecule has 7 nitrogen and oxygen atoms in total. The third-order valence-corrected chi connectivity index (χ3v) is 4.76. The summed E-state index contributed by atoms with van der Waals surface area (Å²) in [5.41, 5.74) is 0.421. The Labute approximate surface area is 170 Å². The largest absolute Gasteiger partial charge is 0.478 e. The van der Waals surface area contributed by atoms with E-state index in [9.17, 15) is 24.3 Å². The SMILES string of the molecule is O=C(Nc1c(C(=O)O)ccc2c1C(=O)c1ccccc1C2=O)OCc1ccccc1. The second kappa shape index (κ2) is 7.63. The van der Waals surface area contributed by atoms with Gasteiger partial charge in [0.25, 0.3) is 0 Å². The number of ether oxygens (including phenoxy) is 1. The van der Waals surface area contributed by atoms with Gasteiger partial charge in [0.05, 0.1) is 16.8 Å². The Balaban J connectivity index is 1.72. The average molecular weight is 401 g/mol. The molecule has 7 heteroatoms. The van der Waals surface area contributed by atoms with E-state index >= 15 is 0 Å². The molecule has 1 aliphatic rings. The van der Waals surface area contributed by atoms with E-state index in [4.69, 9.17) is 4.74 Å². The topological polar surface area (TPSA) is 110 Å². The van der Waals surface area contributed by atoms with E-state index in [1.165, 1.54) is 24.3 Å². The lowest BCUT2D eigenvalue weighted by Gasteiger charge is -2.21. The third kappa shape index (κ3) is 3.33. The van der Waals surface area contributed by atoms with Crippen LogP contribution in [0.4, 0.5) is 10.5 Å².